The normalized spacial score (nSPS) is 27.7. The SMILES string of the molecule is CCC1CCC(NCc2ccc(C)c(C)c2)C1C. The van der Waals surface area contributed by atoms with Gasteiger partial charge >= 0.3 is 0 Å². The summed E-state index contributed by atoms with van der Waals surface area (Å²) in [6, 6.07) is 7.53. The van der Waals surface area contributed by atoms with Crippen LogP contribution in [-0.2, 0) is 6.54 Å². The maximum Gasteiger partial charge on any atom is 0.0208 e. The number of benzene rings is 1. The van der Waals surface area contributed by atoms with Crippen LogP contribution >= 0.6 is 0 Å². The second-order valence-electron chi connectivity index (χ2n) is 6.01. The molecule has 1 saturated carbocycles. The molecule has 0 heterocycles. The standard InChI is InChI=1S/C17H27N/c1-5-16-8-9-17(14(16)4)18-11-15-7-6-12(2)13(3)10-15/h6-7,10,14,16-18H,5,8-9,11H2,1-4H3. The number of hydrogen-bond acceptors (Lipinski definition) is 1. The third-order valence-electron chi connectivity index (χ3n) is 4.89. The Balaban J connectivity index is 1.90. The van der Waals surface area contributed by atoms with E-state index in [-0.39, 0.29) is 0 Å². The predicted octanol–water partition coefficient (Wildman–Crippen LogP) is 4.22. The first-order valence-corrected chi connectivity index (χ1v) is 7.41. The average molecular weight is 245 g/mol. The predicted molar refractivity (Wildman–Crippen MR) is 78.7 cm³/mol. The van der Waals surface area contributed by atoms with Gasteiger partial charge in [0.25, 0.3) is 0 Å². The molecule has 0 amide bonds. The molecule has 1 aliphatic carbocycles. The van der Waals surface area contributed by atoms with Crippen molar-refractivity contribution >= 4 is 0 Å². The highest BCUT2D eigenvalue weighted by Crippen LogP contribution is 2.33. The molecule has 1 aromatic carbocycles. The number of nitrogens with one attached hydrogen (secondary N) is 1. The van der Waals surface area contributed by atoms with Crippen molar-refractivity contribution in [3.63, 3.8) is 0 Å². The molecule has 3 atom stereocenters. The van der Waals surface area contributed by atoms with E-state index in [1.165, 1.54) is 36.0 Å². The van der Waals surface area contributed by atoms with Crippen molar-refractivity contribution in [3.8, 4) is 0 Å². The Morgan fingerprint density at radius 3 is 2.56 bits per heavy atom. The van der Waals surface area contributed by atoms with Gasteiger partial charge in [-0.3, -0.25) is 0 Å². The van der Waals surface area contributed by atoms with Crippen LogP contribution in [0.4, 0.5) is 0 Å². The van der Waals surface area contributed by atoms with Crippen molar-refractivity contribution in [1.82, 2.24) is 5.32 Å². The molecule has 0 saturated heterocycles. The van der Waals surface area contributed by atoms with Crippen molar-refractivity contribution in [2.24, 2.45) is 11.8 Å². The molecule has 1 N–H and O–H groups in total. The Morgan fingerprint density at radius 1 is 1.17 bits per heavy atom. The fraction of sp³-hybridized carbons (Fsp3) is 0.647. The monoisotopic (exact) mass is 245 g/mol. The summed E-state index contributed by atoms with van der Waals surface area (Å²) >= 11 is 0. The fourth-order valence-corrected chi connectivity index (χ4v) is 3.27. The summed E-state index contributed by atoms with van der Waals surface area (Å²) in [6.45, 7) is 10.1. The third-order valence-corrected chi connectivity index (χ3v) is 4.89. The lowest BCUT2D eigenvalue weighted by molar-refractivity contribution is 0.344. The second-order valence-corrected chi connectivity index (χ2v) is 6.01. The lowest BCUT2D eigenvalue weighted by Gasteiger charge is -2.21. The fourth-order valence-electron chi connectivity index (χ4n) is 3.27. The maximum atomic E-state index is 3.76. The number of rotatable bonds is 4. The molecule has 18 heavy (non-hydrogen) atoms. The summed E-state index contributed by atoms with van der Waals surface area (Å²) in [5.74, 6) is 1.77. The van der Waals surface area contributed by atoms with E-state index in [2.05, 4.69) is 51.2 Å². The van der Waals surface area contributed by atoms with E-state index in [1.54, 1.807) is 0 Å². The lowest BCUT2D eigenvalue weighted by atomic mass is 9.93. The summed E-state index contributed by atoms with van der Waals surface area (Å²) in [6.07, 6.45) is 4.09. The first-order chi connectivity index (χ1) is 8.61. The van der Waals surface area contributed by atoms with Gasteiger partial charge in [0.1, 0.15) is 0 Å². The molecular formula is C17H27N. The molecule has 1 aromatic rings. The molecule has 2 rings (SSSR count). The van der Waals surface area contributed by atoms with Crippen LogP contribution in [0.1, 0.15) is 49.8 Å². The Bertz CT molecular complexity index is 397. The number of hydrogen-bond donors (Lipinski definition) is 1. The molecule has 1 heteroatoms. The number of aryl methyl sites for hydroxylation is 2. The van der Waals surface area contributed by atoms with Crippen LogP contribution in [0, 0.1) is 25.7 Å². The summed E-state index contributed by atoms with van der Waals surface area (Å²) in [7, 11) is 0. The van der Waals surface area contributed by atoms with Crippen molar-refractivity contribution in [2.75, 3.05) is 0 Å². The van der Waals surface area contributed by atoms with Crippen LogP contribution < -0.4 is 5.32 Å². The Hall–Kier alpha value is -0.820. The molecule has 1 fully saturated rings. The third kappa shape index (κ3) is 2.95. The smallest absolute Gasteiger partial charge is 0.0208 e. The summed E-state index contributed by atoms with van der Waals surface area (Å²) < 4.78 is 0. The van der Waals surface area contributed by atoms with Gasteiger partial charge in [-0.25, -0.2) is 0 Å². The van der Waals surface area contributed by atoms with E-state index in [0.29, 0.717) is 0 Å². The molecule has 3 unspecified atom stereocenters. The molecular weight excluding hydrogens is 218 g/mol. The van der Waals surface area contributed by atoms with E-state index in [1.807, 2.05) is 0 Å². The Labute approximate surface area is 112 Å². The molecule has 1 aliphatic rings. The highest BCUT2D eigenvalue weighted by molar-refractivity contribution is 5.29. The summed E-state index contributed by atoms with van der Waals surface area (Å²) in [5, 5.41) is 3.76. The zero-order valence-corrected chi connectivity index (χ0v) is 12.3. The molecule has 100 valence electrons. The van der Waals surface area contributed by atoms with Gasteiger partial charge < -0.3 is 5.32 Å². The van der Waals surface area contributed by atoms with Gasteiger partial charge in [-0.15, -0.1) is 0 Å². The zero-order chi connectivity index (χ0) is 13.1. The largest absolute Gasteiger partial charge is 0.310 e. The molecule has 0 aliphatic heterocycles. The first-order valence-electron chi connectivity index (χ1n) is 7.41. The van der Waals surface area contributed by atoms with Crippen LogP contribution in [0.3, 0.4) is 0 Å². The Kier molecular flexibility index (Phi) is 4.45. The Morgan fingerprint density at radius 2 is 1.94 bits per heavy atom. The average Bonchev–Trinajstić information content (AvgIpc) is 2.72. The van der Waals surface area contributed by atoms with E-state index in [4.69, 9.17) is 0 Å². The topological polar surface area (TPSA) is 12.0 Å². The zero-order valence-electron chi connectivity index (χ0n) is 12.3. The summed E-state index contributed by atoms with van der Waals surface area (Å²) in [4.78, 5) is 0. The van der Waals surface area contributed by atoms with E-state index >= 15 is 0 Å². The van der Waals surface area contributed by atoms with Crippen LogP contribution in [-0.4, -0.2) is 6.04 Å². The summed E-state index contributed by atoms with van der Waals surface area (Å²) in [5.41, 5.74) is 4.21. The van der Waals surface area contributed by atoms with Gasteiger partial charge in [0.2, 0.25) is 0 Å². The minimum absolute atomic E-state index is 0.719. The quantitative estimate of drug-likeness (QED) is 0.837. The van der Waals surface area contributed by atoms with Gasteiger partial charge in [-0.1, -0.05) is 38.5 Å². The van der Waals surface area contributed by atoms with E-state index in [9.17, 15) is 0 Å². The molecule has 0 aromatic heterocycles. The van der Waals surface area contributed by atoms with Crippen molar-refractivity contribution in [1.29, 1.82) is 0 Å². The van der Waals surface area contributed by atoms with Crippen LogP contribution in [0.2, 0.25) is 0 Å². The van der Waals surface area contributed by atoms with Crippen LogP contribution in [0.15, 0.2) is 18.2 Å². The van der Waals surface area contributed by atoms with Gasteiger partial charge in [0.05, 0.1) is 0 Å². The van der Waals surface area contributed by atoms with Crippen molar-refractivity contribution in [3.05, 3.63) is 34.9 Å². The molecule has 0 radical (unpaired) electrons. The minimum Gasteiger partial charge on any atom is -0.310 e. The highest BCUT2D eigenvalue weighted by atomic mass is 14.9. The van der Waals surface area contributed by atoms with Gasteiger partial charge in [0.15, 0.2) is 0 Å². The maximum absolute atomic E-state index is 3.76. The highest BCUT2D eigenvalue weighted by Gasteiger charge is 2.30. The second kappa shape index (κ2) is 5.88. The van der Waals surface area contributed by atoms with Crippen LogP contribution in [0.25, 0.3) is 0 Å². The van der Waals surface area contributed by atoms with Gasteiger partial charge in [-0.2, -0.15) is 0 Å². The lowest BCUT2D eigenvalue weighted by Crippen LogP contribution is -2.32. The molecule has 1 nitrogen and oxygen atoms in total. The van der Waals surface area contributed by atoms with E-state index < -0.39 is 0 Å². The van der Waals surface area contributed by atoms with E-state index in [0.717, 1.165) is 24.4 Å². The van der Waals surface area contributed by atoms with Crippen molar-refractivity contribution in [2.45, 2.75) is 59.5 Å². The molecule has 0 spiro atoms. The van der Waals surface area contributed by atoms with Crippen LogP contribution in [0.5, 0.6) is 0 Å². The van der Waals surface area contributed by atoms with Gasteiger partial charge in [-0.05, 0) is 55.2 Å². The first kappa shape index (κ1) is 13.6. The van der Waals surface area contributed by atoms with Crippen molar-refractivity contribution < 1.29 is 0 Å². The minimum atomic E-state index is 0.719. The molecule has 0 bridgehead atoms. The van der Waals surface area contributed by atoms with Gasteiger partial charge in [0, 0.05) is 12.6 Å².